The maximum absolute atomic E-state index is 9.94. The molecule has 16 heteroatoms. The molecule has 0 aromatic rings. The van der Waals surface area contributed by atoms with Crippen LogP contribution in [0.15, 0.2) is 0 Å². The molecule has 0 amide bonds. The lowest BCUT2D eigenvalue weighted by atomic mass is 9.97. The van der Waals surface area contributed by atoms with Gasteiger partial charge in [-0.15, -0.1) is 0 Å². The first kappa shape index (κ1) is 31.1. The molecule has 16 nitrogen and oxygen atoms in total. The number of rotatable bonds is 8. The Hall–Kier alpha value is -0.930. The van der Waals surface area contributed by atoms with Crippen molar-refractivity contribution >= 4 is 6.29 Å². The molecule has 0 unspecified atom stereocenters. The first-order chi connectivity index (χ1) is 15.8. The number of aliphatic hydroxyl groups is 12. The predicted molar refractivity (Wildman–Crippen MR) is 104 cm³/mol. The lowest BCUT2D eigenvalue weighted by molar-refractivity contribution is -0.355. The fourth-order valence-electron chi connectivity index (χ4n) is 3.14. The van der Waals surface area contributed by atoms with Gasteiger partial charge in [-0.05, 0) is 6.92 Å². The molecular weight excluding hydrogens is 472 g/mol. The van der Waals surface area contributed by atoms with Crippen molar-refractivity contribution in [3.05, 3.63) is 0 Å². The van der Waals surface area contributed by atoms with Crippen LogP contribution < -0.4 is 0 Å². The van der Waals surface area contributed by atoms with Crippen LogP contribution in [0.3, 0.4) is 0 Å². The van der Waals surface area contributed by atoms with E-state index in [1.807, 2.05) is 0 Å². The van der Waals surface area contributed by atoms with Gasteiger partial charge in [0, 0.05) is 0 Å². The van der Waals surface area contributed by atoms with E-state index in [2.05, 4.69) is 0 Å². The quantitative estimate of drug-likeness (QED) is 0.136. The second-order valence-corrected chi connectivity index (χ2v) is 7.88. The molecule has 0 bridgehead atoms. The minimum absolute atomic E-state index is 0.0935. The van der Waals surface area contributed by atoms with Gasteiger partial charge in [0.15, 0.2) is 18.9 Å². The zero-order chi connectivity index (χ0) is 26.3. The summed E-state index contributed by atoms with van der Waals surface area (Å²) in [6.45, 7) is -0.104. The number of ether oxygens (including phenoxy) is 3. The third kappa shape index (κ3) is 7.53. The average Bonchev–Trinajstić information content (AvgIpc) is 2.82. The van der Waals surface area contributed by atoms with Gasteiger partial charge in [-0.3, -0.25) is 0 Å². The lowest BCUT2D eigenvalue weighted by Gasteiger charge is -2.45. The molecule has 2 aliphatic heterocycles. The lowest BCUT2D eigenvalue weighted by Crippen LogP contribution is -2.64. The summed E-state index contributed by atoms with van der Waals surface area (Å²) in [5.74, 6) is 0. The van der Waals surface area contributed by atoms with Crippen LogP contribution in [0, 0.1) is 0 Å². The molecule has 2 aliphatic rings. The highest BCUT2D eigenvalue weighted by Gasteiger charge is 2.50. The SMILES string of the molecule is C[C@H](O)[C@@H](O)[C@@H](O)[C@H](O)C=O.OC[C@H]1O[C@@H](O[C@H]2[C@H](O)[C@@H](O)[C@H](O)O[C@@H]2CO)[C@H](O)[C@@H](O)[C@H]1O. The summed E-state index contributed by atoms with van der Waals surface area (Å²) in [6, 6.07) is 0. The fourth-order valence-corrected chi connectivity index (χ4v) is 3.14. The Morgan fingerprint density at radius 1 is 0.765 bits per heavy atom. The number of hydrogen-bond acceptors (Lipinski definition) is 16. The second-order valence-electron chi connectivity index (χ2n) is 7.88. The first-order valence-corrected chi connectivity index (χ1v) is 10.3. The van der Waals surface area contributed by atoms with Crippen molar-refractivity contribution in [2.75, 3.05) is 13.2 Å². The van der Waals surface area contributed by atoms with E-state index in [1.54, 1.807) is 0 Å². The molecule has 0 aromatic carbocycles. The van der Waals surface area contributed by atoms with E-state index in [0.717, 1.165) is 0 Å². The van der Waals surface area contributed by atoms with Crippen LogP contribution in [0.2, 0.25) is 0 Å². The van der Waals surface area contributed by atoms with Crippen molar-refractivity contribution in [2.45, 2.75) is 92.8 Å². The summed E-state index contributed by atoms with van der Waals surface area (Å²) in [5.41, 5.74) is 0. The van der Waals surface area contributed by atoms with Crippen LogP contribution in [0.1, 0.15) is 6.92 Å². The van der Waals surface area contributed by atoms with E-state index in [-0.39, 0.29) is 6.29 Å². The summed E-state index contributed by atoms with van der Waals surface area (Å²) in [7, 11) is 0. The van der Waals surface area contributed by atoms with Crippen molar-refractivity contribution in [2.24, 2.45) is 0 Å². The molecule has 0 aromatic heterocycles. The maximum atomic E-state index is 9.94. The number of hydrogen-bond donors (Lipinski definition) is 12. The normalized spacial score (nSPS) is 42.0. The first-order valence-electron chi connectivity index (χ1n) is 10.3. The Morgan fingerprint density at radius 3 is 1.79 bits per heavy atom. The highest BCUT2D eigenvalue weighted by Crippen LogP contribution is 2.28. The van der Waals surface area contributed by atoms with Crippen LogP contribution in [0.25, 0.3) is 0 Å². The molecule has 2 heterocycles. The van der Waals surface area contributed by atoms with Crippen LogP contribution in [0.4, 0.5) is 0 Å². The van der Waals surface area contributed by atoms with Gasteiger partial charge in [0.25, 0.3) is 0 Å². The zero-order valence-electron chi connectivity index (χ0n) is 18.1. The minimum Gasteiger partial charge on any atom is -0.394 e. The molecule has 2 fully saturated rings. The molecule has 34 heavy (non-hydrogen) atoms. The van der Waals surface area contributed by atoms with Crippen molar-refractivity contribution < 1.29 is 80.3 Å². The van der Waals surface area contributed by atoms with Crippen LogP contribution in [0.5, 0.6) is 0 Å². The molecule has 14 atom stereocenters. The number of aldehydes is 1. The van der Waals surface area contributed by atoms with Crippen molar-refractivity contribution in [3.8, 4) is 0 Å². The van der Waals surface area contributed by atoms with E-state index in [1.165, 1.54) is 6.92 Å². The zero-order valence-corrected chi connectivity index (χ0v) is 18.1. The summed E-state index contributed by atoms with van der Waals surface area (Å²) >= 11 is 0. The highest BCUT2D eigenvalue weighted by molar-refractivity contribution is 5.56. The number of aliphatic hydroxyl groups excluding tert-OH is 12. The van der Waals surface area contributed by atoms with E-state index in [0.29, 0.717) is 0 Å². The molecule has 0 radical (unpaired) electrons. The molecule has 2 rings (SSSR count). The van der Waals surface area contributed by atoms with Gasteiger partial charge in [-0.2, -0.15) is 0 Å². The smallest absolute Gasteiger partial charge is 0.187 e. The van der Waals surface area contributed by atoms with Gasteiger partial charge in [0.05, 0.1) is 19.3 Å². The molecule has 0 spiro atoms. The molecule has 2 saturated heterocycles. The summed E-state index contributed by atoms with van der Waals surface area (Å²) in [5, 5.41) is 112. The Bertz CT molecular complexity index is 590. The average molecular weight is 506 g/mol. The monoisotopic (exact) mass is 506 g/mol. The van der Waals surface area contributed by atoms with E-state index >= 15 is 0 Å². The van der Waals surface area contributed by atoms with E-state index in [9.17, 15) is 40.5 Å². The highest BCUT2D eigenvalue weighted by atomic mass is 16.7. The minimum atomic E-state index is -1.74. The fraction of sp³-hybridized carbons (Fsp3) is 0.944. The topological polar surface area (TPSA) is 288 Å². The summed E-state index contributed by atoms with van der Waals surface area (Å²) < 4.78 is 15.3. The molecule has 0 saturated carbocycles. The van der Waals surface area contributed by atoms with Gasteiger partial charge in [-0.25, -0.2) is 0 Å². The maximum Gasteiger partial charge on any atom is 0.187 e. The standard InChI is InChI=1S/C12H22O11.C6H12O5/c13-1-3-5(15)6(16)9(19)12(22-3)23-10-4(2-14)21-11(20)8(18)7(10)17;1-3(8)5(10)6(11)4(9)2-7/h3-20H,1-2H2;2-6,8-11H,1H3/t3-,4-,5+,6+,7-,8-,9-,10-,11-,12+;3-,4+,5+,6-/m10/s1. The molecule has 202 valence electrons. The van der Waals surface area contributed by atoms with E-state index < -0.39 is 99.0 Å². The van der Waals surface area contributed by atoms with E-state index in [4.69, 9.17) is 39.7 Å². The van der Waals surface area contributed by atoms with Crippen LogP contribution >= 0.6 is 0 Å². The Kier molecular flexibility index (Phi) is 12.8. The number of carbonyl (C=O) groups excluding carboxylic acids is 1. The van der Waals surface area contributed by atoms with Crippen molar-refractivity contribution in [3.63, 3.8) is 0 Å². The predicted octanol–water partition coefficient (Wildman–Crippen LogP) is -7.75. The van der Waals surface area contributed by atoms with Crippen LogP contribution in [-0.4, -0.2) is 167 Å². The third-order valence-corrected chi connectivity index (χ3v) is 5.31. The third-order valence-electron chi connectivity index (χ3n) is 5.31. The van der Waals surface area contributed by atoms with Gasteiger partial charge >= 0.3 is 0 Å². The molecule has 12 N–H and O–H groups in total. The summed E-state index contributed by atoms with van der Waals surface area (Å²) in [6.07, 6.45) is -21.4. The second kappa shape index (κ2) is 14.0. The van der Waals surface area contributed by atoms with Gasteiger partial charge in [-0.1, -0.05) is 0 Å². The molecular formula is C18H34O16. The van der Waals surface area contributed by atoms with Gasteiger partial charge in [0.2, 0.25) is 0 Å². The van der Waals surface area contributed by atoms with Gasteiger partial charge < -0.3 is 80.3 Å². The molecule has 0 aliphatic carbocycles. The van der Waals surface area contributed by atoms with Crippen molar-refractivity contribution in [1.29, 1.82) is 0 Å². The summed E-state index contributed by atoms with van der Waals surface area (Å²) in [4.78, 5) is 9.87. The Labute approximate surface area is 193 Å². The Balaban J connectivity index is 0.000000445. The largest absolute Gasteiger partial charge is 0.394 e. The number of carbonyl (C=O) groups is 1. The Morgan fingerprint density at radius 2 is 1.32 bits per heavy atom. The van der Waals surface area contributed by atoms with Crippen molar-refractivity contribution in [1.82, 2.24) is 0 Å². The van der Waals surface area contributed by atoms with Crippen LogP contribution in [-0.2, 0) is 19.0 Å². The van der Waals surface area contributed by atoms with Gasteiger partial charge in [0.1, 0.15) is 67.1 Å².